The average Bonchev–Trinajstić information content (AvgIpc) is 2.80. The monoisotopic (exact) mass is 435 g/mol. The minimum absolute atomic E-state index is 0.109. The normalized spacial score (nSPS) is 11.8. The average molecular weight is 435 g/mol. The van der Waals surface area contributed by atoms with Crippen LogP contribution in [0.15, 0.2) is 48.5 Å². The number of methoxy groups -OCH3 is 1. The van der Waals surface area contributed by atoms with Crippen LogP contribution in [0.4, 0.5) is 4.39 Å². The molecule has 0 aliphatic carbocycles. The van der Waals surface area contributed by atoms with Crippen molar-refractivity contribution < 1.29 is 37.7 Å². The molecule has 0 radical (unpaired) electrons. The zero-order valence-electron chi connectivity index (χ0n) is 17.3. The summed E-state index contributed by atoms with van der Waals surface area (Å²) in [6, 6.07) is 12.9. The Kier molecular flexibility index (Phi) is 10.6. The highest BCUT2D eigenvalue weighted by Crippen LogP contribution is 2.16. The highest BCUT2D eigenvalue weighted by atomic mass is 19.1. The van der Waals surface area contributed by atoms with E-state index >= 15 is 0 Å². The van der Waals surface area contributed by atoms with Crippen LogP contribution in [0, 0.1) is 0 Å². The van der Waals surface area contributed by atoms with Gasteiger partial charge in [-0.25, -0.2) is 4.39 Å². The van der Waals surface area contributed by atoms with Gasteiger partial charge in [-0.2, -0.15) is 0 Å². The van der Waals surface area contributed by atoms with Crippen LogP contribution in [-0.4, -0.2) is 65.0 Å². The van der Waals surface area contributed by atoms with Crippen molar-refractivity contribution in [1.82, 2.24) is 0 Å². The van der Waals surface area contributed by atoms with Crippen molar-refractivity contribution in [3.8, 4) is 5.75 Å². The topological polar surface area (TPSA) is 106 Å². The van der Waals surface area contributed by atoms with Gasteiger partial charge in [0.1, 0.15) is 12.4 Å². The van der Waals surface area contributed by atoms with Gasteiger partial charge < -0.3 is 29.4 Å². The molecule has 31 heavy (non-hydrogen) atoms. The predicted molar refractivity (Wildman–Crippen MR) is 110 cm³/mol. The smallest absolute Gasteiger partial charge is 0.248 e. The van der Waals surface area contributed by atoms with Crippen LogP contribution in [0.3, 0.4) is 0 Å². The summed E-state index contributed by atoms with van der Waals surface area (Å²) in [7, 11) is 1.40. The Morgan fingerprint density at radius 1 is 0.935 bits per heavy atom. The van der Waals surface area contributed by atoms with Gasteiger partial charge in [-0.05, 0) is 36.4 Å². The SMILES string of the molecule is COC(COCCOCCOc1ccc(C(=O)c2cccc(C(N)=O)c2)cc1)OCF. The number of hydrogen-bond donors (Lipinski definition) is 1. The molecule has 0 aliphatic rings. The molecule has 0 saturated carbocycles. The van der Waals surface area contributed by atoms with Crippen LogP contribution in [0.2, 0.25) is 0 Å². The third kappa shape index (κ3) is 8.42. The predicted octanol–water partition coefficient (Wildman–Crippen LogP) is 2.34. The fraction of sp³-hybridized carbons (Fsp3) is 0.364. The van der Waals surface area contributed by atoms with Gasteiger partial charge in [-0.3, -0.25) is 9.59 Å². The largest absolute Gasteiger partial charge is 0.491 e. The van der Waals surface area contributed by atoms with Crippen molar-refractivity contribution in [1.29, 1.82) is 0 Å². The molecular formula is C22H26FNO7. The summed E-state index contributed by atoms with van der Waals surface area (Å²) in [6.45, 7) is 0.486. The summed E-state index contributed by atoms with van der Waals surface area (Å²) in [6.07, 6.45) is -0.740. The summed E-state index contributed by atoms with van der Waals surface area (Å²) >= 11 is 0. The summed E-state index contributed by atoms with van der Waals surface area (Å²) in [5, 5.41) is 0. The molecule has 1 atom stereocenters. The number of nitrogens with two attached hydrogens (primary N) is 1. The van der Waals surface area contributed by atoms with Gasteiger partial charge in [0.05, 0.1) is 26.4 Å². The van der Waals surface area contributed by atoms with E-state index in [0.717, 1.165) is 0 Å². The Labute approximate surface area is 180 Å². The summed E-state index contributed by atoms with van der Waals surface area (Å²) in [5.41, 5.74) is 6.39. The molecule has 1 unspecified atom stereocenters. The first-order chi connectivity index (χ1) is 15.0. The number of hydrogen-bond acceptors (Lipinski definition) is 7. The van der Waals surface area contributed by atoms with E-state index in [4.69, 9.17) is 24.7 Å². The van der Waals surface area contributed by atoms with Crippen molar-refractivity contribution in [2.45, 2.75) is 6.29 Å². The van der Waals surface area contributed by atoms with Crippen LogP contribution in [0.5, 0.6) is 5.75 Å². The number of primary amides is 1. The van der Waals surface area contributed by atoms with Crippen molar-refractivity contribution in [3.05, 3.63) is 65.2 Å². The Morgan fingerprint density at radius 2 is 1.61 bits per heavy atom. The molecule has 2 rings (SSSR count). The van der Waals surface area contributed by atoms with E-state index in [2.05, 4.69) is 4.74 Å². The van der Waals surface area contributed by atoms with Gasteiger partial charge in [0, 0.05) is 23.8 Å². The molecular weight excluding hydrogens is 409 g/mol. The maximum atomic E-state index is 12.6. The molecule has 0 fully saturated rings. The Morgan fingerprint density at radius 3 is 2.29 bits per heavy atom. The number of carbonyl (C=O) groups excluding carboxylic acids is 2. The second-order valence-corrected chi connectivity index (χ2v) is 6.28. The molecule has 2 aromatic carbocycles. The van der Waals surface area contributed by atoms with Gasteiger partial charge in [0.15, 0.2) is 18.9 Å². The van der Waals surface area contributed by atoms with Gasteiger partial charge in [0.25, 0.3) is 0 Å². The standard InChI is InChI=1S/C22H26FNO7/c1-27-20(31-15-23)14-29-10-9-28-11-12-30-19-7-5-16(6-8-19)21(25)17-3-2-4-18(13-17)22(24)26/h2-8,13,20H,9-12,14-15H2,1H3,(H2,24,26). The van der Waals surface area contributed by atoms with E-state index in [1.54, 1.807) is 42.5 Å². The number of ketones is 1. The van der Waals surface area contributed by atoms with E-state index < -0.39 is 19.1 Å². The Balaban J connectivity index is 1.68. The first kappa shape index (κ1) is 24.4. The van der Waals surface area contributed by atoms with E-state index in [1.807, 2.05) is 0 Å². The molecule has 0 saturated heterocycles. The van der Waals surface area contributed by atoms with Crippen LogP contribution in [0.1, 0.15) is 26.3 Å². The Bertz CT molecular complexity index is 829. The van der Waals surface area contributed by atoms with Gasteiger partial charge in [-0.1, -0.05) is 12.1 Å². The van der Waals surface area contributed by atoms with Crippen LogP contribution in [0.25, 0.3) is 0 Å². The molecule has 0 heterocycles. The summed E-state index contributed by atoms with van der Waals surface area (Å²) in [5.74, 6) is -0.212. The maximum Gasteiger partial charge on any atom is 0.248 e. The molecule has 0 spiro atoms. The number of alkyl halides is 1. The highest BCUT2D eigenvalue weighted by molar-refractivity contribution is 6.10. The Hall–Kier alpha value is -2.85. The molecule has 2 N–H and O–H groups in total. The van der Waals surface area contributed by atoms with Crippen molar-refractivity contribution >= 4 is 11.7 Å². The third-order valence-electron chi connectivity index (χ3n) is 4.16. The van der Waals surface area contributed by atoms with Crippen molar-refractivity contribution in [2.75, 3.05) is 47.0 Å². The highest BCUT2D eigenvalue weighted by Gasteiger charge is 2.11. The molecule has 168 valence electrons. The first-order valence-electron chi connectivity index (χ1n) is 9.58. The number of halogens is 1. The third-order valence-corrected chi connectivity index (χ3v) is 4.16. The van der Waals surface area contributed by atoms with Crippen LogP contribution < -0.4 is 10.5 Å². The van der Waals surface area contributed by atoms with Crippen LogP contribution >= 0.6 is 0 Å². The van der Waals surface area contributed by atoms with E-state index in [9.17, 15) is 14.0 Å². The number of carbonyl (C=O) groups is 2. The van der Waals surface area contributed by atoms with Gasteiger partial charge >= 0.3 is 0 Å². The maximum absolute atomic E-state index is 12.6. The molecule has 1 amide bonds. The van der Waals surface area contributed by atoms with Crippen molar-refractivity contribution in [2.24, 2.45) is 5.73 Å². The van der Waals surface area contributed by atoms with E-state index in [1.165, 1.54) is 13.2 Å². The van der Waals surface area contributed by atoms with Crippen LogP contribution in [-0.2, 0) is 18.9 Å². The lowest BCUT2D eigenvalue weighted by molar-refractivity contribution is -0.177. The molecule has 9 heteroatoms. The number of rotatable bonds is 15. The minimum Gasteiger partial charge on any atom is -0.491 e. The zero-order valence-corrected chi connectivity index (χ0v) is 17.3. The number of ether oxygens (including phenoxy) is 5. The van der Waals surface area contributed by atoms with Crippen molar-refractivity contribution in [3.63, 3.8) is 0 Å². The fourth-order valence-electron chi connectivity index (χ4n) is 2.56. The minimum atomic E-state index is -0.937. The lowest BCUT2D eigenvalue weighted by Crippen LogP contribution is -2.23. The fourth-order valence-corrected chi connectivity index (χ4v) is 2.56. The second kappa shape index (κ2) is 13.5. The molecule has 0 aliphatic heterocycles. The molecule has 0 aromatic heterocycles. The summed E-state index contributed by atoms with van der Waals surface area (Å²) in [4.78, 5) is 23.8. The molecule has 2 aromatic rings. The second-order valence-electron chi connectivity index (χ2n) is 6.28. The molecule has 0 bridgehead atoms. The number of benzene rings is 2. The van der Waals surface area contributed by atoms with E-state index in [0.29, 0.717) is 43.3 Å². The van der Waals surface area contributed by atoms with E-state index in [-0.39, 0.29) is 18.0 Å². The quantitative estimate of drug-likeness (QED) is 0.260. The lowest BCUT2D eigenvalue weighted by Gasteiger charge is -2.14. The molecule has 8 nitrogen and oxygen atoms in total. The van der Waals surface area contributed by atoms with Gasteiger partial charge in [0.2, 0.25) is 5.91 Å². The lowest BCUT2D eigenvalue weighted by atomic mass is 10.0. The zero-order chi connectivity index (χ0) is 22.5. The van der Waals surface area contributed by atoms with Gasteiger partial charge in [-0.15, -0.1) is 0 Å². The summed E-state index contributed by atoms with van der Waals surface area (Å²) < 4.78 is 37.7. The first-order valence-corrected chi connectivity index (χ1v) is 9.58. The number of amides is 1.